The van der Waals surface area contributed by atoms with Crippen molar-refractivity contribution in [1.29, 1.82) is 0 Å². The zero-order valence-corrected chi connectivity index (χ0v) is 19.0. The number of amides is 1. The normalized spacial score (nSPS) is 17.5. The Morgan fingerprint density at radius 1 is 1.06 bits per heavy atom. The van der Waals surface area contributed by atoms with E-state index in [0.717, 1.165) is 62.8 Å². The van der Waals surface area contributed by atoms with E-state index >= 15 is 0 Å². The molecule has 0 atom stereocenters. The molecular weight excluding hydrogens is 392 g/mol. The number of benzene rings is 1. The number of fused-ring (bicyclic) bond motifs is 1. The monoisotopic (exact) mass is 426 g/mol. The van der Waals surface area contributed by atoms with E-state index < -0.39 is 0 Å². The second-order valence-corrected chi connectivity index (χ2v) is 8.45. The van der Waals surface area contributed by atoms with Gasteiger partial charge < -0.3 is 18.9 Å². The van der Waals surface area contributed by atoms with Crippen molar-refractivity contribution in [3.63, 3.8) is 0 Å². The van der Waals surface area contributed by atoms with Gasteiger partial charge in [0.2, 0.25) is 5.91 Å². The van der Waals surface area contributed by atoms with E-state index in [-0.39, 0.29) is 5.92 Å². The van der Waals surface area contributed by atoms with Gasteiger partial charge in [0.25, 0.3) is 0 Å². The van der Waals surface area contributed by atoms with E-state index in [1.807, 2.05) is 38.2 Å². The molecule has 2 aromatic rings. The van der Waals surface area contributed by atoms with Crippen LogP contribution < -0.4 is 9.47 Å². The number of likely N-dealkylation sites (tertiary alicyclic amines) is 1. The number of carbonyl (C=O) groups is 1. The van der Waals surface area contributed by atoms with Crippen LogP contribution in [0, 0.1) is 5.92 Å². The molecule has 0 aliphatic carbocycles. The SMILES string of the molecule is CCOc1cc2c(cc1OCC)CN(C(=O)C1CCN(Cc3nccn3C)CC1)CC2. The van der Waals surface area contributed by atoms with Gasteiger partial charge in [-0.3, -0.25) is 9.69 Å². The van der Waals surface area contributed by atoms with Crippen LogP contribution in [0.4, 0.5) is 0 Å². The molecular formula is C24H34N4O3. The fourth-order valence-corrected chi connectivity index (χ4v) is 4.63. The van der Waals surface area contributed by atoms with Gasteiger partial charge in [0.05, 0.1) is 19.8 Å². The molecule has 168 valence electrons. The van der Waals surface area contributed by atoms with Crippen molar-refractivity contribution in [2.24, 2.45) is 13.0 Å². The Labute approximate surface area is 184 Å². The maximum atomic E-state index is 13.3. The van der Waals surface area contributed by atoms with Gasteiger partial charge in [0, 0.05) is 38.4 Å². The zero-order chi connectivity index (χ0) is 21.8. The number of carbonyl (C=O) groups excluding carboxylic acids is 1. The number of ether oxygens (including phenoxy) is 2. The van der Waals surface area contributed by atoms with Crippen molar-refractivity contribution in [2.45, 2.75) is 46.2 Å². The van der Waals surface area contributed by atoms with Crippen LogP contribution in [-0.4, -0.2) is 58.1 Å². The Bertz CT molecular complexity index is 902. The molecule has 0 bridgehead atoms. The van der Waals surface area contributed by atoms with Gasteiger partial charge in [-0.05, 0) is 69.5 Å². The van der Waals surface area contributed by atoms with Gasteiger partial charge in [-0.15, -0.1) is 0 Å². The number of hydrogen-bond acceptors (Lipinski definition) is 5. The average molecular weight is 427 g/mol. The molecule has 0 radical (unpaired) electrons. The first-order valence-corrected chi connectivity index (χ1v) is 11.5. The summed E-state index contributed by atoms with van der Waals surface area (Å²) in [6, 6.07) is 4.17. The first kappa shape index (κ1) is 21.7. The van der Waals surface area contributed by atoms with Crippen molar-refractivity contribution in [2.75, 3.05) is 32.8 Å². The highest BCUT2D eigenvalue weighted by Gasteiger charge is 2.31. The molecule has 0 unspecified atom stereocenters. The largest absolute Gasteiger partial charge is 0.490 e. The molecule has 2 aliphatic heterocycles. The van der Waals surface area contributed by atoms with Crippen LogP contribution in [0.5, 0.6) is 11.5 Å². The number of nitrogens with zero attached hydrogens (tertiary/aromatic N) is 4. The van der Waals surface area contributed by atoms with Crippen LogP contribution in [-0.2, 0) is 31.4 Å². The third-order valence-electron chi connectivity index (χ3n) is 6.41. The lowest BCUT2D eigenvalue weighted by molar-refractivity contribution is -0.138. The molecule has 1 aromatic heterocycles. The van der Waals surface area contributed by atoms with E-state index in [9.17, 15) is 4.79 Å². The van der Waals surface area contributed by atoms with Crippen molar-refractivity contribution in [3.05, 3.63) is 41.5 Å². The van der Waals surface area contributed by atoms with E-state index in [0.29, 0.717) is 25.7 Å². The van der Waals surface area contributed by atoms with Crippen molar-refractivity contribution in [1.82, 2.24) is 19.4 Å². The summed E-state index contributed by atoms with van der Waals surface area (Å²) in [5.74, 6) is 3.08. The molecule has 3 heterocycles. The summed E-state index contributed by atoms with van der Waals surface area (Å²) in [5.41, 5.74) is 2.44. The molecule has 1 saturated heterocycles. The summed E-state index contributed by atoms with van der Waals surface area (Å²) in [6.07, 6.45) is 6.52. The molecule has 1 fully saturated rings. The van der Waals surface area contributed by atoms with E-state index in [1.54, 1.807) is 0 Å². The van der Waals surface area contributed by atoms with Crippen molar-refractivity contribution in [3.8, 4) is 11.5 Å². The highest BCUT2D eigenvalue weighted by molar-refractivity contribution is 5.79. The number of aryl methyl sites for hydroxylation is 1. The molecule has 0 N–H and O–H groups in total. The molecule has 0 spiro atoms. The second kappa shape index (κ2) is 9.73. The van der Waals surface area contributed by atoms with Crippen LogP contribution in [0.15, 0.2) is 24.5 Å². The second-order valence-electron chi connectivity index (χ2n) is 8.45. The van der Waals surface area contributed by atoms with Crippen LogP contribution in [0.25, 0.3) is 0 Å². The Balaban J connectivity index is 1.36. The summed E-state index contributed by atoms with van der Waals surface area (Å²) in [4.78, 5) is 22.1. The topological polar surface area (TPSA) is 59.8 Å². The number of rotatable bonds is 7. The third kappa shape index (κ3) is 4.87. The third-order valence-corrected chi connectivity index (χ3v) is 6.41. The minimum absolute atomic E-state index is 0.119. The van der Waals surface area contributed by atoms with Gasteiger partial charge in [-0.1, -0.05) is 0 Å². The summed E-state index contributed by atoms with van der Waals surface area (Å²) in [5, 5.41) is 0. The zero-order valence-electron chi connectivity index (χ0n) is 19.0. The van der Waals surface area contributed by atoms with Crippen LogP contribution in [0.3, 0.4) is 0 Å². The van der Waals surface area contributed by atoms with Gasteiger partial charge in [-0.25, -0.2) is 4.98 Å². The summed E-state index contributed by atoms with van der Waals surface area (Å²) in [7, 11) is 2.03. The molecule has 7 nitrogen and oxygen atoms in total. The first-order chi connectivity index (χ1) is 15.1. The van der Waals surface area contributed by atoms with Crippen molar-refractivity contribution < 1.29 is 14.3 Å². The van der Waals surface area contributed by atoms with Crippen LogP contribution in [0.1, 0.15) is 43.6 Å². The lowest BCUT2D eigenvalue weighted by atomic mass is 9.92. The Morgan fingerprint density at radius 3 is 2.35 bits per heavy atom. The molecule has 1 aromatic carbocycles. The van der Waals surface area contributed by atoms with Gasteiger partial charge in [0.1, 0.15) is 5.82 Å². The quantitative estimate of drug-likeness (QED) is 0.681. The molecule has 4 rings (SSSR count). The minimum Gasteiger partial charge on any atom is -0.490 e. The summed E-state index contributed by atoms with van der Waals surface area (Å²) in [6.45, 7) is 9.35. The lowest BCUT2D eigenvalue weighted by Crippen LogP contribution is -2.44. The Hall–Kier alpha value is -2.54. The van der Waals surface area contributed by atoms with Gasteiger partial charge in [0.15, 0.2) is 11.5 Å². The molecule has 1 amide bonds. The van der Waals surface area contributed by atoms with Crippen LogP contribution in [0.2, 0.25) is 0 Å². The molecule has 2 aliphatic rings. The summed E-state index contributed by atoms with van der Waals surface area (Å²) >= 11 is 0. The Kier molecular flexibility index (Phi) is 6.80. The predicted octanol–water partition coefficient (Wildman–Crippen LogP) is 3.01. The number of hydrogen-bond donors (Lipinski definition) is 0. The number of aromatic nitrogens is 2. The number of imidazole rings is 1. The minimum atomic E-state index is 0.119. The van der Waals surface area contributed by atoms with E-state index in [1.165, 1.54) is 11.1 Å². The molecule has 7 heteroatoms. The average Bonchev–Trinajstić information content (AvgIpc) is 3.18. The lowest BCUT2D eigenvalue weighted by Gasteiger charge is -2.36. The summed E-state index contributed by atoms with van der Waals surface area (Å²) < 4.78 is 13.6. The molecule has 0 saturated carbocycles. The van der Waals surface area contributed by atoms with Crippen molar-refractivity contribution >= 4 is 5.91 Å². The first-order valence-electron chi connectivity index (χ1n) is 11.5. The fourth-order valence-electron chi connectivity index (χ4n) is 4.63. The van der Waals surface area contributed by atoms with Gasteiger partial charge >= 0.3 is 0 Å². The van der Waals surface area contributed by atoms with E-state index in [4.69, 9.17) is 9.47 Å². The maximum absolute atomic E-state index is 13.3. The van der Waals surface area contributed by atoms with Crippen LogP contribution >= 0.6 is 0 Å². The highest BCUT2D eigenvalue weighted by Crippen LogP contribution is 2.34. The smallest absolute Gasteiger partial charge is 0.226 e. The fraction of sp³-hybridized carbons (Fsp3) is 0.583. The highest BCUT2D eigenvalue weighted by atomic mass is 16.5. The number of piperidine rings is 1. The standard InChI is InChI=1S/C24H34N4O3/c1-4-30-21-14-19-8-12-28(16-20(19)15-22(21)31-5-2)24(29)18-6-10-27(11-7-18)17-23-25-9-13-26(23)3/h9,13-15,18H,4-8,10-12,16-17H2,1-3H3. The van der Waals surface area contributed by atoms with E-state index in [2.05, 4.69) is 26.6 Å². The predicted molar refractivity (Wildman–Crippen MR) is 119 cm³/mol. The van der Waals surface area contributed by atoms with Gasteiger partial charge in [-0.2, -0.15) is 0 Å². The Morgan fingerprint density at radius 2 is 1.74 bits per heavy atom. The molecule has 31 heavy (non-hydrogen) atoms. The maximum Gasteiger partial charge on any atom is 0.226 e.